The molecule has 0 bridgehead atoms. The summed E-state index contributed by atoms with van der Waals surface area (Å²) in [5, 5.41) is 10.1. The number of carbonyl (C=O) groups excluding carboxylic acids is 1. The first kappa shape index (κ1) is 27.0. The van der Waals surface area contributed by atoms with Crippen molar-refractivity contribution in [1.29, 1.82) is 0 Å². The van der Waals surface area contributed by atoms with E-state index in [0.717, 1.165) is 24.7 Å². The van der Waals surface area contributed by atoms with Crippen LogP contribution in [0.2, 0.25) is 0 Å². The van der Waals surface area contributed by atoms with Gasteiger partial charge in [-0.3, -0.25) is 4.79 Å². The summed E-state index contributed by atoms with van der Waals surface area (Å²) in [6.07, 6.45) is 14.9. The van der Waals surface area contributed by atoms with Crippen molar-refractivity contribution in [2.24, 2.45) is 45.3 Å². The van der Waals surface area contributed by atoms with Gasteiger partial charge in [-0.05, 0) is 112 Å². The van der Waals surface area contributed by atoms with Gasteiger partial charge in [-0.25, -0.2) is 0 Å². The summed E-state index contributed by atoms with van der Waals surface area (Å²) in [7, 11) is 0. The smallest absolute Gasteiger partial charge is 0.302 e. The van der Waals surface area contributed by atoms with Gasteiger partial charge < -0.3 is 9.84 Å². The van der Waals surface area contributed by atoms with Crippen molar-refractivity contribution in [2.45, 2.75) is 125 Å². The molecular formula is C32H52O3. The van der Waals surface area contributed by atoms with Crippen LogP contribution < -0.4 is 0 Å². The van der Waals surface area contributed by atoms with E-state index in [1.807, 2.05) is 19.9 Å². The Labute approximate surface area is 215 Å². The molecule has 0 saturated heterocycles. The van der Waals surface area contributed by atoms with E-state index in [-0.39, 0.29) is 17.5 Å². The summed E-state index contributed by atoms with van der Waals surface area (Å²) < 4.78 is 5.87. The minimum absolute atomic E-state index is 0.0249. The second-order valence-corrected chi connectivity index (χ2v) is 14.7. The summed E-state index contributed by atoms with van der Waals surface area (Å²) in [5.41, 5.74) is 1.65. The van der Waals surface area contributed by atoms with Crippen LogP contribution >= 0.6 is 0 Å². The van der Waals surface area contributed by atoms with Gasteiger partial charge in [-0.15, -0.1) is 0 Å². The van der Waals surface area contributed by atoms with Gasteiger partial charge in [-0.2, -0.15) is 0 Å². The Morgan fingerprint density at radius 3 is 2.26 bits per heavy atom. The fourth-order valence-corrected chi connectivity index (χ4v) is 10.3. The van der Waals surface area contributed by atoms with E-state index in [9.17, 15) is 9.90 Å². The van der Waals surface area contributed by atoms with Gasteiger partial charge in [0, 0.05) is 12.3 Å². The summed E-state index contributed by atoms with van der Waals surface area (Å²) in [6, 6.07) is 0. The second kappa shape index (κ2) is 8.74. The van der Waals surface area contributed by atoms with Crippen molar-refractivity contribution in [3.05, 3.63) is 24.3 Å². The third-order valence-electron chi connectivity index (χ3n) is 12.1. The van der Waals surface area contributed by atoms with E-state index < -0.39 is 5.60 Å². The SMILES string of the molecule is C=C(CC=CC(C)(C)O)C1CCC2(C)C1CCC1C3(C)CCC(OC(C)=O)C(C)(C)C3CCC12C. The zero-order valence-corrected chi connectivity index (χ0v) is 23.9. The van der Waals surface area contributed by atoms with Gasteiger partial charge in [-0.1, -0.05) is 58.9 Å². The van der Waals surface area contributed by atoms with Crippen molar-refractivity contribution in [2.75, 3.05) is 0 Å². The first-order chi connectivity index (χ1) is 16.1. The molecule has 4 rings (SSSR count). The molecule has 198 valence electrons. The molecule has 0 radical (unpaired) electrons. The van der Waals surface area contributed by atoms with E-state index in [1.165, 1.54) is 50.5 Å². The predicted molar refractivity (Wildman–Crippen MR) is 144 cm³/mol. The Hall–Kier alpha value is -1.09. The Kier molecular flexibility index (Phi) is 6.73. The molecule has 3 heteroatoms. The van der Waals surface area contributed by atoms with Crippen LogP contribution in [0.5, 0.6) is 0 Å². The maximum Gasteiger partial charge on any atom is 0.302 e. The number of carbonyl (C=O) groups is 1. The number of fused-ring (bicyclic) bond motifs is 5. The lowest BCUT2D eigenvalue weighted by molar-refractivity contribution is -0.226. The molecule has 0 aromatic carbocycles. The Morgan fingerprint density at radius 2 is 1.63 bits per heavy atom. The molecule has 0 aromatic heterocycles. The van der Waals surface area contributed by atoms with Gasteiger partial charge in [0.25, 0.3) is 0 Å². The first-order valence-corrected chi connectivity index (χ1v) is 14.3. The average molecular weight is 485 g/mol. The Bertz CT molecular complexity index is 878. The topological polar surface area (TPSA) is 46.5 Å². The van der Waals surface area contributed by atoms with E-state index >= 15 is 0 Å². The van der Waals surface area contributed by atoms with Gasteiger partial charge in [0.15, 0.2) is 0 Å². The molecular weight excluding hydrogens is 432 g/mol. The van der Waals surface area contributed by atoms with E-state index in [1.54, 1.807) is 6.92 Å². The number of allylic oxidation sites excluding steroid dienone is 2. The van der Waals surface area contributed by atoms with E-state index in [4.69, 9.17) is 4.74 Å². The highest BCUT2D eigenvalue weighted by molar-refractivity contribution is 5.66. The third-order valence-corrected chi connectivity index (χ3v) is 12.1. The minimum Gasteiger partial charge on any atom is -0.462 e. The zero-order valence-electron chi connectivity index (χ0n) is 23.9. The quantitative estimate of drug-likeness (QED) is 0.319. The third kappa shape index (κ3) is 4.26. The average Bonchev–Trinajstić information content (AvgIpc) is 3.07. The van der Waals surface area contributed by atoms with Crippen molar-refractivity contribution >= 4 is 5.97 Å². The number of ether oxygens (including phenoxy) is 1. The largest absolute Gasteiger partial charge is 0.462 e. The standard InChI is InChI=1S/C32H52O3/c1-21(11-10-17-28(3,4)34)23-14-19-31(8)24(23)12-13-26-30(7)18-16-27(35-22(2)33)29(5,6)25(30)15-20-32(26,31)9/h10,17,23-27,34H,1,11-16,18-20H2,2-9H3. The van der Waals surface area contributed by atoms with Crippen molar-refractivity contribution < 1.29 is 14.6 Å². The van der Waals surface area contributed by atoms with Gasteiger partial charge in [0.2, 0.25) is 0 Å². The van der Waals surface area contributed by atoms with Crippen molar-refractivity contribution in [3.63, 3.8) is 0 Å². The monoisotopic (exact) mass is 484 g/mol. The van der Waals surface area contributed by atoms with Gasteiger partial charge in [0.1, 0.15) is 6.10 Å². The summed E-state index contributed by atoms with van der Waals surface area (Å²) in [4.78, 5) is 11.8. The highest BCUT2D eigenvalue weighted by atomic mass is 16.5. The lowest BCUT2D eigenvalue weighted by Crippen LogP contribution is -2.64. The van der Waals surface area contributed by atoms with Crippen molar-refractivity contribution in [1.82, 2.24) is 0 Å². The Balaban J connectivity index is 1.57. The molecule has 0 amide bonds. The molecule has 0 spiro atoms. The van der Waals surface area contributed by atoms with E-state index in [0.29, 0.717) is 28.1 Å². The zero-order chi connectivity index (χ0) is 26.0. The maximum atomic E-state index is 11.8. The van der Waals surface area contributed by atoms with Crippen LogP contribution in [-0.2, 0) is 9.53 Å². The molecule has 3 nitrogen and oxygen atoms in total. The normalized spacial score (nSPS) is 44.9. The molecule has 8 unspecified atom stereocenters. The molecule has 35 heavy (non-hydrogen) atoms. The molecule has 0 heterocycles. The number of rotatable bonds is 5. The van der Waals surface area contributed by atoms with Crippen LogP contribution in [0, 0.1) is 45.3 Å². The lowest BCUT2D eigenvalue weighted by atomic mass is 9.35. The number of hydrogen-bond acceptors (Lipinski definition) is 3. The molecule has 4 fully saturated rings. The highest BCUT2D eigenvalue weighted by Crippen LogP contribution is 2.75. The fourth-order valence-electron chi connectivity index (χ4n) is 10.3. The lowest BCUT2D eigenvalue weighted by Gasteiger charge is -2.70. The highest BCUT2D eigenvalue weighted by Gasteiger charge is 2.68. The molecule has 0 aromatic rings. The maximum absolute atomic E-state index is 11.8. The second-order valence-electron chi connectivity index (χ2n) is 14.7. The van der Waals surface area contributed by atoms with Crippen LogP contribution in [0.1, 0.15) is 113 Å². The first-order valence-electron chi connectivity index (χ1n) is 14.3. The number of esters is 1. The number of aliphatic hydroxyl groups is 1. The fraction of sp³-hybridized carbons (Fsp3) is 0.844. The van der Waals surface area contributed by atoms with E-state index in [2.05, 4.69) is 47.3 Å². The van der Waals surface area contributed by atoms with Crippen LogP contribution in [-0.4, -0.2) is 22.8 Å². The molecule has 1 N–H and O–H groups in total. The minimum atomic E-state index is -0.758. The number of hydrogen-bond donors (Lipinski definition) is 1. The van der Waals surface area contributed by atoms with Crippen LogP contribution in [0.4, 0.5) is 0 Å². The van der Waals surface area contributed by atoms with Gasteiger partial charge >= 0.3 is 5.97 Å². The summed E-state index contributed by atoms with van der Waals surface area (Å²) >= 11 is 0. The van der Waals surface area contributed by atoms with Crippen molar-refractivity contribution in [3.8, 4) is 0 Å². The van der Waals surface area contributed by atoms with Gasteiger partial charge in [0.05, 0.1) is 5.60 Å². The van der Waals surface area contributed by atoms with Crippen LogP contribution in [0.3, 0.4) is 0 Å². The summed E-state index contributed by atoms with van der Waals surface area (Å²) in [5.74, 6) is 2.53. The molecule has 0 aliphatic heterocycles. The molecule has 4 saturated carbocycles. The molecule has 4 aliphatic rings. The summed E-state index contributed by atoms with van der Waals surface area (Å²) in [6.45, 7) is 22.4. The molecule has 8 atom stereocenters. The van der Waals surface area contributed by atoms with Crippen LogP contribution in [0.25, 0.3) is 0 Å². The molecule has 4 aliphatic carbocycles. The predicted octanol–water partition coefficient (Wildman–Crippen LogP) is 7.88. The Morgan fingerprint density at radius 1 is 0.971 bits per heavy atom. The van der Waals surface area contributed by atoms with Crippen LogP contribution in [0.15, 0.2) is 24.3 Å².